The van der Waals surface area contributed by atoms with E-state index >= 15 is 0 Å². The molecule has 258 valence electrons. The number of ether oxygens (including phenoxy) is 2. The third-order valence-electron chi connectivity index (χ3n) is 11.2. The van der Waals surface area contributed by atoms with Gasteiger partial charge in [-0.25, -0.2) is 0 Å². The molecule has 0 bridgehead atoms. The number of rotatable bonds is 5. The number of nitrogens with zero attached hydrogens (tertiary/aromatic N) is 1. The summed E-state index contributed by atoms with van der Waals surface area (Å²) in [5.41, 5.74) is 3.23. The fourth-order valence-corrected chi connectivity index (χ4v) is 9.88. The summed E-state index contributed by atoms with van der Waals surface area (Å²) in [6.45, 7) is 16.3. The van der Waals surface area contributed by atoms with Crippen molar-refractivity contribution < 1.29 is 38.1 Å². The van der Waals surface area contributed by atoms with Gasteiger partial charge in [0.05, 0.1) is 22.8 Å². The van der Waals surface area contributed by atoms with Gasteiger partial charge >= 0.3 is 10.2 Å². The van der Waals surface area contributed by atoms with E-state index < -0.39 is 35.1 Å². The monoisotopic (exact) mass is 689 g/mol. The normalized spacial score (nSPS) is 26.4. The molecule has 2 fully saturated rings. The average Bonchev–Trinajstić information content (AvgIpc) is 3.52. The lowest BCUT2D eigenvalue weighted by molar-refractivity contribution is -0.627. The fraction of sp³-hybridized carbons (Fsp3) is 0.676. The summed E-state index contributed by atoms with van der Waals surface area (Å²) in [4.78, 5) is -1.93. The van der Waals surface area contributed by atoms with Gasteiger partial charge in [-0.3, -0.25) is 0 Å². The zero-order chi connectivity index (χ0) is 33.8. The predicted octanol–water partition coefficient (Wildman–Crippen LogP) is 10.8. The number of aromatic nitrogens is 1. The molecule has 0 N–H and O–H groups in total. The topological polar surface area (TPSA) is 54.6 Å². The highest BCUT2D eigenvalue weighted by atomic mass is 32.5. The average molecular weight is 690 g/mol. The van der Waals surface area contributed by atoms with Crippen LogP contribution in [-0.4, -0.2) is 21.5 Å². The molecule has 1 aromatic carbocycles. The molecule has 1 aromatic heterocycles. The SMILES string of the molecule is CC1(C)Cc2c(c3c(c(C4CCOCC4)[n+]2[O-])[C@@H](c2ccc(S(F)(F)(F)(F)F)cc2)OC32CCCC2)[C@@H](O[Si](C)(C)C(C)(C)C)C1. The Hall–Kier alpha value is -1.73. The van der Waals surface area contributed by atoms with Gasteiger partial charge in [-0.15, -0.1) is 0 Å². The van der Waals surface area contributed by atoms with Crippen molar-refractivity contribution in [3.05, 3.63) is 63.1 Å². The molecule has 1 spiro atoms. The van der Waals surface area contributed by atoms with Crippen molar-refractivity contribution >= 4 is 18.5 Å². The van der Waals surface area contributed by atoms with Crippen molar-refractivity contribution in [1.82, 2.24) is 0 Å². The van der Waals surface area contributed by atoms with Crippen molar-refractivity contribution in [3.63, 3.8) is 0 Å². The zero-order valence-electron chi connectivity index (χ0n) is 28.0. The molecule has 1 saturated heterocycles. The molecule has 0 unspecified atom stereocenters. The summed E-state index contributed by atoms with van der Waals surface area (Å²) in [5, 5.41) is 14.8. The minimum atomic E-state index is -9.87. The zero-order valence-corrected chi connectivity index (χ0v) is 29.8. The van der Waals surface area contributed by atoms with Crippen LogP contribution in [0.2, 0.25) is 18.1 Å². The molecular weight excluding hydrogens is 642 g/mol. The van der Waals surface area contributed by atoms with Crippen molar-refractivity contribution in [3.8, 4) is 0 Å². The maximum absolute atomic E-state index is 14.9. The minimum Gasteiger partial charge on any atom is -0.618 e. The summed E-state index contributed by atoms with van der Waals surface area (Å²) in [6, 6.07) is 3.13. The van der Waals surface area contributed by atoms with Crippen LogP contribution in [0.4, 0.5) is 19.4 Å². The van der Waals surface area contributed by atoms with E-state index in [4.69, 9.17) is 13.9 Å². The molecule has 46 heavy (non-hydrogen) atoms. The molecular formula is C34H48F5NO4SSi. The lowest BCUT2D eigenvalue weighted by Crippen LogP contribution is -2.49. The van der Waals surface area contributed by atoms with E-state index in [9.17, 15) is 24.6 Å². The van der Waals surface area contributed by atoms with E-state index in [1.807, 2.05) is 0 Å². The van der Waals surface area contributed by atoms with Crippen LogP contribution in [0, 0.1) is 10.6 Å². The summed E-state index contributed by atoms with van der Waals surface area (Å²) in [5.74, 6) is -0.137. The molecule has 2 aromatic rings. The van der Waals surface area contributed by atoms with Crippen LogP contribution in [0.5, 0.6) is 0 Å². The van der Waals surface area contributed by atoms with Gasteiger partial charge in [0.2, 0.25) is 5.69 Å². The van der Waals surface area contributed by atoms with E-state index in [2.05, 4.69) is 47.7 Å². The van der Waals surface area contributed by atoms with Crippen molar-refractivity contribution in [2.24, 2.45) is 5.41 Å². The standard InChI is InChI=1S/C34H48F5NO4SSi/c1-32(2,3)46(6,7)44-26-21-33(4,5)20-25-27(26)29-28(30(40(25)41)22-14-18-42-19-15-22)31(43-34(29)16-8-9-17-34)23-10-12-24(13-11-23)45(35,36,37,38)39/h10-13,22,26,31H,8-9,14-21H2,1-7H3/t26-,31+/m0/s1. The molecule has 6 rings (SSSR count). The Bertz CT molecular complexity index is 1530. The fourth-order valence-electron chi connectivity index (χ4n) is 7.96. The Balaban J connectivity index is 1.63. The van der Waals surface area contributed by atoms with Crippen LogP contribution in [0.25, 0.3) is 0 Å². The van der Waals surface area contributed by atoms with E-state index in [0.29, 0.717) is 80.0 Å². The summed E-state index contributed by atoms with van der Waals surface area (Å²) < 4.78 is 89.5. The molecule has 3 heterocycles. The molecule has 0 radical (unpaired) electrons. The van der Waals surface area contributed by atoms with Gasteiger partial charge in [0, 0.05) is 31.1 Å². The number of hydrogen-bond donors (Lipinski definition) is 0. The Labute approximate surface area is 270 Å². The Morgan fingerprint density at radius 3 is 2.09 bits per heavy atom. The first-order valence-electron chi connectivity index (χ1n) is 16.5. The number of hydrogen-bond acceptors (Lipinski definition) is 4. The van der Waals surface area contributed by atoms with Gasteiger partial charge in [0.25, 0.3) is 0 Å². The first-order chi connectivity index (χ1) is 20.9. The van der Waals surface area contributed by atoms with Crippen LogP contribution in [0.1, 0.15) is 131 Å². The summed E-state index contributed by atoms with van der Waals surface area (Å²) in [6.07, 6.45) is 4.54. The molecule has 2 atom stereocenters. The molecule has 0 amide bonds. The van der Waals surface area contributed by atoms with E-state index in [1.54, 1.807) is 0 Å². The molecule has 5 nitrogen and oxygen atoms in total. The number of fused-ring (bicyclic) bond motifs is 4. The van der Waals surface area contributed by atoms with Crippen LogP contribution >= 0.6 is 10.2 Å². The Morgan fingerprint density at radius 1 is 0.957 bits per heavy atom. The van der Waals surface area contributed by atoms with Crippen LogP contribution in [-0.2, 0) is 25.9 Å². The summed E-state index contributed by atoms with van der Waals surface area (Å²) in [7, 11) is -12.2. The van der Waals surface area contributed by atoms with Gasteiger partial charge in [-0.1, -0.05) is 79.0 Å². The maximum atomic E-state index is 14.9. The lowest BCUT2D eigenvalue weighted by atomic mass is 9.70. The second-order valence-corrected chi connectivity index (χ2v) is 23.5. The third kappa shape index (κ3) is 5.92. The molecule has 4 aliphatic rings. The second kappa shape index (κ2) is 10.1. The van der Waals surface area contributed by atoms with Crippen molar-refractivity contribution in [2.75, 3.05) is 13.2 Å². The molecule has 2 aliphatic carbocycles. The van der Waals surface area contributed by atoms with Gasteiger partial charge < -0.3 is 19.1 Å². The maximum Gasteiger partial charge on any atom is 0.310 e. The molecule has 2 aliphatic heterocycles. The van der Waals surface area contributed by atoms with E-state index in [0.717, 1.165) is 47.3 Å². The van der Waals surface area contributed by atoms with Crippen LogP contribution in [0.3, 0.4) is 0 Å². The minimum absolute atomic E-state index is 0.0813. The van der Waals surface area contributed by atoms with Crippen molar-refractivity contribution in [1.29, 1.82) is 0 Å². The second-order valence-electron chi connectivity index (χ2n) is 16.4. The first kappa shape index (κ1) is 34.1. The highest BCUT2D eigenvalue weighted by molar-refractivity contribution is 8.45. The van der Waals surface area contributed by atoms with Gasteiger partial charge in [0.1, 0.15) is 11.0 Å². The van der Waals surface area contributed by atoms with Crippen LogP contribution in [0.15, 0.2) is 29.2 Å². The smallest absolute Gasteiger partial charge is 0.310 e. The highest BCUT2D eigenvalue weighted by Gasteiger charge is 2.65. The molecule has 1 saturated carbocycles. The third-order valence-corrected chi connectivity index (χ3v) is 16.9. The predicted molar refractivity (Wildman–Crippen MR) is 172 cm³/mol. The van der Waals surface area contributed by atoms with Gasteiger partial charge in [0.15, 0.2) is 14.0 Å². The van der Waals surface area contributed by atoms with E-state index in [1.165, 1.54) is 0 Å². The lowest BCUT2D eigenvalue weighted by Gasteiger charge is -2.45. The number of benzene rings is 1. The van der Waals surface area contributed by atoms with Crippen molar-refractivity contribution in [2.45, 2.75) is 133 Å². The van der Waals surface area contributed by atoms with Gasteiger partial charge in [-0.05, 0) is 73.3 Å². The van der Waals surface area contributed by atoms with Crippen LogP contribution < -0.4 is 4.73 Å². The van der Waals surface area contributed by atoms with E-state index in [-0.39, 0.29) is 22.5 Å². The first-order valence-corrected chi connectivity index (χ1v) is 21.4. The Morgan fingerprint density at radius 2 is 1.54 bits per heavy atom. The van der Waals surface area contributed by atoms with Gasteiger partial charge in [-0.2, -0.15) is 4.73 Å². The highest BCUT2D eigenvalue weighted by Crippen LogP contribution is 3.02. The molecule has 12 heteroatoms. The summed E-state index contributed by atoms with van der Waals surface area (Å²) >= 11 is 0. The largest absolute Gasteiger partial charge is 0.618 e. The quantitative estimate of drug-likeness (QED) is 0.136. The number of halogens is 5. The Kier molecular flexibility index (Phi) is 7.53. The number of pyridine rings is 1.